The van der Waals surface area contributed by atoms with Crippen LogP contribution in [0, 0.1) is 0 Å². The molecule has 0 aliphatic carbocycles. The van der Waals surface area contributed by atoms with Crippen LogP contribution in [0.5, 0.6) is 5.75 Å². The summed E-state index contributed by atoms with van der Waals surface area (Å²) >= 11 is 3.36. The van der Waals surface area contributed by atoms with Crippen molar-refractivity contribution in [1.82, 2.24) is 19.7 Å². The summed E-state index contributed by atoms with van der Waals surface area (Å²) in [5, 5.41) is 6.39. The van der Waals surface area contributed by atoms with Crippen molar-refractivity contribution in [3.8, 4) is 11.4 Å². The molecule has 5 nitrogen and oxygen atoms in total. The Morgan fingerprint density at radius 1 is 1.07 bits per heavy atom. The second kappa shape index (κ2) is 8.02. The molecule has 0 saturated heterocycles. The third kappa shape index (κ3) is 3.65. The number of hydrogen-bond acceptors (Lipinski definition) is 6. The smallest absolute Gasteiger partial charge is 0.167 e. The summed E-state index contributed by atoms with van der Waals surface area (Å²) in [6.45, 7) is 0. The number of ether oxygens (including phenoxy) is 1. The quantitative estimate of drug-likeness (QED) is 0.345. The zero-order valence-corrected chi connectivity index (χ0v) is 16.6. The minimum absolute atomic E-state index is 0.799. The molecule has 136 valence electrons. The van der Waals surface area contributed by atoms with E-state index in [1.54, 1.807) is 37.0 Å². The van der Waals surface area contributed by atoms with E-state index in [0.29, 0.717) is 0 Å². The summed E-state index contributed by atoms with van der Waals surface area (Å²) in [5.74, 6) is 1.71. The Morgan fingerprint density at radius 2 is 1.93 bits per heavy atom. The highest BCUT2D eigenvalue weighted by atomic mass is 32.2. The first kappa shape index (κ1) is 17.9. The maximum Gasteiger partial charge on any atom is 0.167 e. The van der Waals surface area contributed by atoms with E-state index in [1.165, 1.54) is 5.56 Å². The van der Waals surface area contributed by atoms with Gasteiger partial charge in [0.25, 0.3) is 0 Å². The van der Waals surface area contributed by atoms with Crippen LogP contribution in [0.25, 0.3) is 16.7 Å². The lowest BCUT2D eigenvalue weighted by atomic mass is 10.2. The van der Waals surface area contributed by atoms with Gasteiger partial charge in [0, 0.05) is 10.6 Å². The van der Waals surface area contributed by atoms with Crippen LogP contribution >= 0.6 is 23.5 Å². The number of hydrogen-bond donors (Lipinski definition) is 0. The van der Waals surface area contributed by atoms with Crippen LogP contribution in [-0.2, 0) is 5.75 Å². The summed E-state index contributed by atoms with van der Waals surface area (Å²) in [6, 6.07) is 16.3. The van der Waals surface area contributed by atoms with Crippen LogP contribution in [0.2, 0.25) is 0 Å². The Bertz CT molecular complexity index is 1070. The molecule has 0 amide bonds. The summed E-state index contributed by atoms with van der Waals surface area (Å²) in [5.41, 5.74) is 2.99. The van der Waals surface area contributed by atoms with Gasteiger partial charge in [0.05, 0.1) is 24.4 Å². The van der Waals surface area contributed by atoms with Gasteiger partial charge in [0.1, 0.15) is 17.1 Å². The maximum atomic E-state index is 5.48. The molecule has 0 spiro atoms. The van der Waals surface area contributed by atoms with Gasteiger partial charge in [0.2, 0.25) is 0 Å². The molecule has 0 unspecified atom stereocenters. The molecular formula is C20H18N4OS2. The fourth-order valence-electron chi connectivity index (χ4n) is 2.82. The fourth-order valence-corrected chi connectivity index (χ4v) is 4.27. The number of methoxy groups -OCH3 is 1. The monoisotopic (exact) mass is 394 g/mol. The molecule has 27 heavy (non-hydrogen) atoms. The lowest BCUT2D eigenvalue weighted by Gasteiger charge is -2.09. The van der Waals surface area contributed by atoms with Gasteiger partial charge in [-0.3, -0.25) is 0 Å². The summed E-state index contributed by atoms with van der Waals surface area (Å²) in [4.78, 5) is 10.0. The van der Waals surface area contributed by atoms with Gasteiger partial charge in [-0.15, -0.1) is 23.5 Å². The van der Waals surface area contributed by atoms with Crippen molar-refractivity contribution in [3.05, 3.63) is 66.6 Å². The normalized spacial score (nSPS) is 11.0. The van der Waals surface area contributed by atoms with Gasteiger partial charge in [-0.05, 0) is 36.1 Å². The molecule has 0 N–H and O–H groups in total. The average Bonchev–Trinajstić information content (AvgIpc) is 3.17. The van der Waals surface area contributed by atoms with E-state index in [9.17, 15) is 0 Å². The van der Waals surface area contributed by atoms with Crippen LogP contribution < -0.4 is 4.74 Å². The molecule has 0 aliphatic rings. The largest absolute Gasteiger partial charge is 0.496 e. The average molecular weight is 395 g/mol. The van der Waals surface area contributed by atoms with E-state index in [0.717, 1.165) is 38.1 Å². The zero-order valence-electron chi connectivity index (χ0n) is 15.0. The van der Waals surface area contributed by atoms with Gasteiger partial charge < -0.3 is 4.74 Å². The van der Waals surface area contributed by atoms with Gasteiger partial charge in [-0.1, -0.05) is 24.3 Å². The molecule has 0 bridgehead atoms. The Morgan fingerprint density at radius 3 is 2.70 bits per heavy atom. The maximum absolute atomic E-state index is 5.48. The third-order valence-electron chi connectivity index (χ3n) is 4.15. The summed E-state index contributed by atoms with van der Waals surface area (Å²) in [7, 11) is 1.71. The third-order valence-corrected chi connectivity index (χ3v) is 6.01. The molecule has 2 aromatic carbocycles. The topological polar surface area (TPSA) is 52.8 Å². The van der Waals surface area contributed by atoms with Crippen molar-refractivity contribution < 1.29 is 4.74 Å². The van der Waals surface area contributed by atoms with Crippen molar-refractivity contribution in [2.75, 3.05) is 13.4 Å². The van der Waals surface area contributed by atoms with Crippen molar-refractivity contribution in [2.24, 2.45) is 0 Å². The molecular weight excluding hydrogens is 376 g/mol. The number of aromatic nitrogens is 4. The van der Waals surface area contributed by atoms with E-state index in [-0.39, 0.29) is 0 Å². The summed E-state index contributed by atoms with van der Waals surface area (Å²) < 4.78 is 7.33. The number of fused-ring (bicyclic) bond motifs is 1. The van der Waals surface area contributed by atoms with Crippen LogP contribution in [-0.4, -0.2) is 33.1 Å². The SMILES string of the molecule is COc1cc(CSc2ncnc3c2cnn3-c2ccccc2)ccc1SC. The molecule has 0 saturated carbocycles. The standard InChI is InChI=1S/C20H18N4OS2/c1-25-17-10-14(8-9-18(17)26-2)12-27-20-16-11-23-24(19(16)21-13-22-20)15-6-4-3-5-7-15/h3-11,13H,12H2,1-2H3. The molecule has 0 radical (unpaired) electrons. The number of rotatable bonds is 6. The van der Waals surface area contributed by atoms with Crippen molar-refractivity contribution in [2.45, 2.75) is 15.7 Å². The van der Waals surface area contributed by atoms with Gasteiger partial charge in [-0.2, -0.15) is 5.10 Å². The molecule has 0 aliphatic heterocycles. The fraction of sp³-hybridized carbons (Fsp3) is 0.150. The number of para-hydroxylation sites is 1. The molecule has 2 aromatic heterocycles. The first-order valence-corrected chi connectivity index (χ1v) is 10.6. The van der Waals surface area contributed by atoms with Crippen LogP contribution in [0.4, 0.5) is 0 Å². The number of nitrogens with zero attached hydrogens (tertiary/aromatic N) is 4. The molecule has 7 heteroatoms. The lowest BCUT2D eigenvalue weighted by Crippen LogP contribution is -1.97. The minimum atomic E-state index is 0.799. The van der Waals surface area contributed by atoms with Crippen molar-refractivity contribution in [1.29, 1.82) is 0 Å². The molecule has 2 heterocycles. The first-order valence-electron chi connectivity index (χ1n) is 8.38. The molecule has 0 atom stereocenters. The Balaban J connectivity index is 1.61. The van der Waals surface area contributed by atoms with Crippen molar-refractivity contribution in [3.63, 3.8) is 0 Å². The Labute approximate surface area is 166 Å². The first-order chi connectivity index (χ1) is 13.3. The van der Waals surface area contributed by atoms with Crippen LogP contribution in [0.1, 0.15) is 5.56 Å². The number of benzene rings is 2. The predicted molar refractivity (Wildman–Crippen MR) is 111 cm³/mol. The van der Waals surface area contributed by atoms with Crippen LogP contribution in [0.3, 0.4) is 0 Å². The van der Waals surface area contributed by atoms with E-state index in [2.05, 4.69) is 33.3 Å². The van der Waals surface area contributed by atoms with Gasteiger partial charge in [0.15, 0.2) is 5.65 Å². The Hall–Kier alpha value is -2.51. The van der Waals surface area contributed by atoms with Crippen LogP contribution in [0.15, 0.2) is 71.0 Å². The molecule has 4 rings (SSSR count). The molecule has 0 fully saturated rings. The van der Waals surface area contributed by atoms with E-state index >= 15 is 0 Å². The predicted octanol–water partition coefficient (Wildman–Crippen LogP) is 4.84. The lowest BCUT2D eigenvalue weighted by molar-refractivity contribution is 0.404. The molecule has 4 aromatic rings. The van der Waals surface area contributed by atoms with E-state index in [1.807, 2.05) is 47.5 Å². The van der Waals surface area contributed by atoms with Gasteiger partial charge >= 0.3 is 0 Å². The zero-order chi connectivity index (χ0) is 18.6. The second-order valence-corrected chi connectivity index (χ2v) is 7.60. The Kier molecular flexibility index (Phi) is 5.31. The summed E-state index contributed by atoms with van der Waals surface area (Å²) in [6.07, 6.45) is 5.49. The van der Waals surface area contributed by atoms with E-state index < -0.39 is 0 Å². The van der Waals surface area contributed by atoms with Crippen molar-refractivity contribution >= 4 is 34.6 Å². The van der Waals surface area contributed by atoms with Gasteiger partial charge in [-0.25, -0.2) is 14.6 Å². The highest BCUT2D eigenvalue weighted by Crippen LogP contribution is 2.32. The highest BCUT2D eigenvalue weighted by molar-refractivity contribution is 7.99. The second-order valence-electron chi connectivity index (χ2n) is 5.79. The highest BCUT2D eigenvalue weighted by Gasteiger charge is 2.12. The number of thioether (sulfide) groups is 2. The van der Waals surface area contributed by atoms with E-state index in [4.69, 9.17) is 4.74 Å². The minimum Gasteiger partial charge on any atom is -0.496 e.